The van der Waals surface area contributed by atoms with Gasteiger partial charge in [-0.05, 0) is 55.4 Å². The van der Waals surface area contributed by atoms with Crippen molar-refractivity contribution in [2.75, 3.05) is 18.0 Å². The van der Waals surface area contributed by atoms with Crippen molar-refractivity contribution in [2.45, 2.75) is 28.8 Å². The van der Waals surface area contributed by atoms with E-state index in [0.717, 1.165) is 41.5 Å². The van der Waals surface area contributed by atoms with Crippen LogP contribution in [0.1, 0.15) is 18.0 Å². The molecule has 0 spiro atoms. The van der Waals surface area contributed by atoms with E-state index in [2.05, 4.69) is 20.9 Å². The first kappa shape index (κ1) is 21.0. The predicted molar refractivity (Wildman–Crippen MR) is 130 cm³/mol. The topological polar surface area (TPSA) is 95.6 Å². The minimum absolute atomic E-state index is 0.0659. The Kier molecular flexibility index (Phi) is 5.35. The molecule has 0 bridgehead atoms. The lowest BCUT2D eigenvalue weighted by atomic mass is 9.99. The van der Waals surface area contributed by atoms with E-state index in [0.29, 0.717) is 11.4 Å². The van der Waals surface area contributed by atoms with Crippen molar-refractivity contribution in [3.63, 3.8) is 0 Å². The summed E-state index contributed by atoms with van der Waals surface area (Å²) < 4.78 is 5.88. The van der Waals surface area contributed by atoms with Gasteiger partial charge < -0.3 is 20.7 Å². The van der Waals surface area contributed by atoms with Gasteiger partial charge in [-0.15, -0.1) is 0 Å². The van der Waals surface area contributed by atoms with Gasteiger partial charge in [-0.2, -0.15) is 0 Å². The summed E-state index contributed by atoms with van der Waals surface area (Å²) in [6.07, 6.45) is 2.60. The number of benzene rings is 2. The molecule has 1 fully saturated rings. The standard InChI is InChI=1S/C25H23N5O3S/c31-23(28-15-10-12-26-14-15)22-21-20-19(11-13-27-24(20)34-22)30(25(32)29-21)16-6-8-18(9-7-16)33-17-4-2-1-3-5-17/h1-9,11,13,15,21-22,26H,10,12,14H2,(H,28,31)(H,29,32)/t15?,21?,22-/m1/s1. The number of hydrogen-bond donors (Lipinski definition) is 3. The molecule has 3 amide bonds. The maximum absolute atomic E-state index is 13.3. The quantitative estimate of drug-likeness (QED) is 0.523. The Morgan fingerprint density at radius 1 is 1.09 bits per heavy atom. The van der Waals surface area contributed by atoms with Crippen molar-refractivity contribution < 1.29 is 14.3 Å². The molecule has 34 heavy (non-hydrogen) atoms. The molecule has 0 aliphatic carbocycles. The molecule has 2 unspecified atom stereocenters. The Bertz CT molecular complexity index is 1230. The lowest BCUT2D eigenvalue weighted by molar-refractivity contribution is -0.121. The van der Waals surface area contributed by atoms with E-state index in [1.54, 1.807) is 11.1 Å². The fourth-order valence-corrected chi connectivity index (χ4v) is 5.87. The van der Waals surface area contributed by atoms with Gasteiger partial charge in [0.25, 0.3) is 0 Å². The highest BCUT2D eigenvalue weighted by Gasteiger charge is 2.46. The summed E-state index contributed by atoms with van der Waals surface area (Å²) in [7, 11) is 0. The third-order valence-corrected chi connectivity index (χ3v) is 7.53. The smallest absolute Gasteiger partial charge is 0.327 e. The first-order valence-corrected chi connectivity index (χ1v) is 12.2. The van der Waals surface area contributed by atoms with Crippen LogP contribution in [0.3, 0.4) is 0 Å². The second-order valence-corrected chi connectivity index (χ2v) is 9.59. The zero-order valence-corrected chi connectivity index (χ0v) is 19.0. The number of rotatable bonds is 5. The number of para-hydroxylation sites is 1. The highest BCUT2D eigenvalue weighted by atomic mass is 32.2. The van der Waals surface area contributed by atoms with Gasteiger partial charge in [0.2, 0.25) is 5.91 Å². The van der Waals surface area contributed by atoms with Gasteiger partial charge >= 0.3 is 6.03 Å². The maximum atomic E-state index is 13.3. The lowest BCUT2D eigenvalue weighted by Gasteiger charge is -2.34. The number of hydrogen-bond acceptors (Lipinski definition) is 6. The van der Waals surface area contributed by atoms with Crippen molar-refractivity contribution in [3.8, 4) is 11.5 Å². The van der Waals surface area contributed by atoms with Crippen molar-refractivity contribution in [1.29, 1.82) is 0 Å². The second kappa shape index (κ2) is 8.66. The number of urea groups is 1. The molecule has 172 valence electrons. The molecule has 3 aromatic rings. The highest BCUT2D eigenvalue weighted by molar-refractivity contribution is 8.01. The molecule has 3 aliphatic heterocycles. The molecule has 1 aromatic heterocycles. The minimum Gasteiger partial charge on any atom is -0.457 e. The van der Waals surface area contributed by atoms with E-state index >= 15 is 0 Å². The summed E-state index contributed by atoms with van der Waals surface area (Å²) >= 11 is 1.41. The van der Waals surface area contributed by atoms with Gasteiger partial charge in [-0.1, -0.05) is 30.0 Å². The predicted octanol–water partition coefficient (Wildman–Crippen LogP) is 3.73. The van der Waals surface area contributed by atoms with Gasteiger partial charge in [0.15, 0.2) is 0 Å². The average Bonchev–Trinajstić information content (AvgIpc) is 3.49. The molecule has 0 radical (unpaired) electrons. The van der Waals surface area contributed by atoms with Crippen LogP contribution in [0.2, 0.25) is 0 Å². The molecule has 2 aromatic carbocycles. The lowest BCUT2D eigenvalue weighted by Crippen LogP contribution is -2.50. The van der Waals surface area contributed by atoms with E-state index in [9.17, 15) is 9.59 Å². The summed E-state index contributed by atoms with van der Waals surface area (Å²) in [5.74, 6) is 1.36. The Morgan fingerprint density at radius 2 is 1.88 bits per heavy atom. The van der Waals surface area contributed by atoms with Crippen LogP contribution in [0.15, 0.2) is 71.9 Å². The number of nitrogens with zero attached hydrogens (tertiary/aromatic N) is 2. The molecule has 3 aliphatic rings. The van der Waals surface area contributed by atoms with Crippen LogP contribution in [0.25, 0.3) is 0 Å². The van der Waals surface area contributed by atoms with Crippen LogP contribution in [0.4, 0.5) is 16.2 Å². The van der Waals surface area contributed by atoms with Gasteiger partial charge in [-0.3, -0.25) is 9.69 Å². The van der Waals surface area contributed by atoms with E-state index in [4.69, 9.17) is 4.74 Å². The van der Waals surface area contributed by atoms with Crippen LogP contribution in [-0.2, 0) is 4.79 Å². The Balaban J connectivity index is 1.26. The molecule has 3 N–H and O–H groups in total. The summed E-state index contributed by atoms with van der Waals surface area (Å²) in [5.41, 5.74) is 2.35. The monoisotopic (exact) mass is 473 g/mol. The van der Waals surface area contributed by atoms with Crippen LogP contribution in [0, 0.1) is 0 Å². The third-order valence-electron chi connectivity index (χ3n) is 6.24. The Labute approximate surface area is 201 Å². The van der Waals surface area contributed by atoms with Crippen molar-refractivity contribution in [1.82, 2.24) is 20.9 Å². The van der Waals surface area contributed by atoms with Gasteiger partial charge in [-0.25, -0.2) is 9.78 Å². The fourth-order valence-electron chi connectivity index (χ4n) is 4.63. The first-order valence-electron chi connectivity index (χ1n) is 11.3. The minimum atomic E-state index is -0.447. The third kappa shape index (κ3) is 3.76. The summed E-state index contributed by atoms with van der Waals surface area (Å²) in [6.45, 7) is 1.67. The maximum Gasteiger partial charge on any atom is 0.327 e. The van der Waals surface area contributed by atoms with Crippen LogP contribution >= 0.6 is 11.8 Å². The molecule has 0 saturated carbocycles. The summed E-state index contributed by atoms with van der Waals surface area (Å²) in [6, 6.07) is 18.2. The van der Waals surface area contributed by atoms with E-state index in [1.165, 1.54) is 11.8 Å². The number of nitrogens with one attached hydrogen (secondary N) is 3. The van der Waals surface area contributed by atoms with Crippen molar-refractivity contribution >= 4 is 35.1 Å². The highest BCUT2D eigenvalue weighted by Crippen LogP contribution is 2.50. The molecule has 9 heteroatoms. The second-order valence-electron chi connectivity index (χ2n) is 8.46. The van der Waals surface area contributed by atoms with E-state index < -0.39 is 11.3 Å². The number of thioether (sulfide) groups is 1. The number of carbonyl (C=O) groups is 2. The first-order chi connectivity index (χ1) is 16.7. The number of anilines is 2. The van der Waals surface area contributed by atoms with Crippen LogP contribution < -0.4 is 25.6 Å². The number of pyridine rings is 1. The average molecular weight is 474 g/mol. The van der Waals surface area contributed by atoms with Gasteiger partial charge in [0.1, 0.15) is 21.8 Å². The summed E-state index contributed by atoms with van der Waals surface area (Å²) in [5, 5.41) is 9.76. The SMILES string of the molecule is O=C(NC1CCNC1)[C@@H]1Sc2nccc3c2C1NC(=O)N3c1ccc(Oc2ccccc2)cc1. The van der Waals surface area contributed by atoms with Crippen LogP contribution in [-0.4, -0.2) is 41.3 Å². The molecule has 6 rings (SSSR count). The van der Waals surface area contributed by atoms with E-state index in [1.807, 2.05) is 60.7 Å². The van der Waals surface area contributed by atoms with Crippen molar-refractivity contribution in [2.24, 2.45) is 0 Å². The van der Waals surface area contributed by atoms with Gasteiger partial charge in [0.05, 0.1) is 17.4 Å². The molecule has 1 saturated heterocycles. The molecule has 4 heterocycles. The zero-order chi connectivity index (χ0) is 23.1. The van der Waals surface area contributed by atoms with Crippen LogP contribution in [0.5, 0.6) is 11.5 Å². The largest absolute Gasteiger partial charge is 0.457 e. The van der Waals surface area contributed by atoms with Gasteiger partial charge in [0, 0.05) is 24.3 Å². The molecular formula is C25H23N5O3S. The normalized spacial score (nSPS) is 22.8. The number of carbonyl (C=O) groups excluding carboxylic acids is 2. The number of ether oxygens (including phenoxy) is 1. The molecular weight excluding hydrogens is 450 g/mol. The van der Waals surface area contributed by atoms with E-state index in [-0.39, 0.29) is 18.0 Å². The van der Waals surface area contributed by atoms with Crippen molar-refractivity contribution in [3.05, 3.63) is 72.4 Å². The summed E-state index contributed by atoms with van der Waals surface area (Å²) in [4.78, 5) is 32.4. The Morgan fingerprint density at radius 3 is 2.65 bits per heavy atom. The number of aromatic nitrogens is 1. The molecule has 8 nitrogen and oxygen atoms in total. The number of amides is 3. The fraction of sp³-hybridized carbons (Fsp3) is 0.240. The Hall–Kier alpha value is -3.56. The molecule has 3 atom stereocenters. The zero-order valence-electron chi connectivity index (χ0n) is 18.2.